The maximum Gasteiger partial charge on any atom is 0.316 e. The van der Waals surface area contributed by atoms with E-state index in [-0.39, 0.29) is 23.7 Å². The van der Waals surface area contributed by atoms with E-state index in [1.54, 1.807) is 4.90 Å². The first-order chi connectivity index (χ1) is 13.2. The van der Waals surface area contributed by atoms with Crippen molar-refractivity contribution in [3.05, 3.63) is 59.2 Å². The Hall–Kier alpha value is -2.62. The zero-order chi connectivity index (χ0) is 20.5. The zero-order valence-electron chi connectivity index (χ0n) is 17.4. The number of carbonyl (C=O) groups is 2. The van der Waals surface area contributed by atoms with E-state index in [1.807, 2.05) is 50.2 Å². The molecule has 1 heterocycles. The predicted molar refractivity (Wildman–Crippen MR) is 112 cm³/mol. The number of esters is 1. The van der Waals surface area contributed by atoms with Gasteiger partial charge in [0, 0.05) is 18.7 Å². The quantitative estimate of drug-likeness (QED) is 0.545. The van der Waals surface area contributed by atoms with Crippen LogP contribution in [0.5, 0.6) is 5.75 Å². The van der Waals surface area contributed by atoms with Gasteiger partial charge in [0.25, 0.3) is 0 Å². The Morgan fingerprint density at radius 3 is 2.29 bits per heavy atom. The molecule has 4 nitrogen and oxygen atoms in total. The number of aryl methyl sites for hydroxylation is 2. The smallest absolute Gasteiger partial charge is 0.316 e. The van der Waals surface area contributed by atoms with E-state index < -0.39 is 5.92 Å². The average molecular weight is 380 g/mol. The highest BCUT2D eigenvalue weighted by Gasteiger charge is 2.36. The number of benzene rings is 2. The lowest BCUT2D eigenvalue weighted by Gasteiger charge is -2.23. The number of amides is 1. The fourth-order valence-electron chi connectivity index (χ4n) is 3.60. The molecule has 0 radical (unpaired) electrons. The number of nitrogens with zero attached hydrogens (tertiary/aromatic N) is 1. The van der Waals surface area contributed by atoms with Gasteiger partial charge in [0.2, 0.25) is 5.91 Å². The van der Waals surface area contributed by atoms with Crippen LogP contribution in [0.3, 0.4) is 0 Å². The molecule has 1 fully saturated rings. The molecule has 148 valence electrons. The van der Waals surface area contributed by atoms with Gasteiger partial charge in [0.15, 0.2) is 0 Å². The minimum atomic E-state index is -0.444. The SMILES string of the molecule is CCC(C)(C)c1ccc(OC(=O)[C@@H]2CC(=O)N(c3cc(C)cc(C)c3)C2)cc1. The van der Waals surface area contributed by atoms with E-state index in [1.165, 1.54) is 5.56 Å². The van der Waals surface area contributed by atoms with Crippen molar-refractivity contribution in [2.75, 3.05) is 11.4 Å². The van der Waals surface area contributed by atoms with Crippen molar-refractivity contribution < 1.29 is 14.3 Å². The molecule has 1 atom stereocenters. The van der Waals surface area contributed by atoms with Crippen molar-refractivity contribution in [3.63, 3.8) is 0 Å². The first kappa shape index (κ1) is 20.1. The molecule has 0 N–H and O–H groups in total. The molecule has 0 unspecified atom stereocenters. The molecule has 4 heteroatoms. The molecule has 3 rings (SSSR count). The second kappa shape index (κ2) is 7.78. The van der Waals surface area contributed by atoms with Crippen LogP contribution >= 0.6 is 0 Å². The summed E-state index contributed by atoms with van der Waals surface area (Å²) >= 11 is 0. The van der Waals surface area contributed by atoms with Crippen molar-refractivity contribution in [1.82, 2.24) is 0 Å². The Morgan fingerprint density at radius 2 is 1.71 bits per heavy atom. The van der Waals surface area contributed by atoms with Crippen LogP contribution in [-0.2, 0) is 15.0 Å². The third kappa shape index (κ3) is 4.27. The minimum Gasteiger partial charge on any atom is -0.426 e. The van der Waals surface area contributed by atoms with Crippen LogP contribution in [0, 0.1) is 19.8 Å². The van der Waals surface area contributed by atoms with Gasteiger partial charge in [-0.3, -0.25) is 9.59 Å². The van der Waals surface area contributed by atoms with Crippen LogP contribution in [0.25, 0.3) is 0 Å². The van der Waals surface area contributed by atoms with Crippen molar-refractivity contribution >= 4 is 17.6 Å². The lowest BCUT2D eigenvalue weighted by molar-refractivity contribution is -0.139. The molecule has 28 heavy (non-hydrogen) atoms. The molecule has 1 aliphatic heterocycles. The normalized spacial score (nSPS) is 17.1. The molecule has 2 aromatic carbocycles. The first-order valence-electron chi connectivity index (χ1n) is 9.90. The summed E-state index contributed by atoms with van der Waals surface area (Å²) in [6.45, 7) is 10.9. The summed E-state index contributed by atoms with van der Waals surface area (Å²) in [7, 11) is 0. The molecule has 0 aliphatic carbocycles. The van der Waals surface area contributed by atoms with Crippen molar-refractivity contribution in [2.45, 2.75) is 52.9 Å². The van der Waals surface area contributed by atoms with E-state index in [2.05, 4.69) is 26.8 Å². The molecule has 1 amide bonds. The number of hydrogen-bond acceptors (Lipinski definition) is 3. The van der Waals surface area contributed by atoms with Crippen molar-refractivity contribution in [1.29, 1.82) is 0 Å². The monoisotopic (exact) mass is 379 g/mol. The molecule has 0 spiro atoms. The zero-order valence-corrected chi connectivity index (χ0v) is 17.4. The third-order valence-electron chi connectivity index (χ3n) is 5.71. The number of carbonyl (C=O) groups excluding carboxylic acids is 2. The van der Waals surface area contributed by atoms with Gasteiger partial charge in [-0.25, -0.2) is 0 Å². The van der Waals surface area contributed by atoms with Crippen LogP contribution in [0.2, 0.25) is 0 Å². The van der Waals surface area contributed by atoms with Crippen LogP contribution in [0.15, 0.2) is 42.5 Å². The average Bonchev–Trinajstić information content (AvgIpc) is 3.03. The van der Waals surface area contributed by atoms with E-state index in [0.717, 1.165) is 23.2 Å². The summed E-state index contributed by atoms with van der Waals surface area (Å²) in [5.41, 5.74) is 4.36. The topological polar surface area (TPSA) is 46.6 Å². The fourth-order valence-corrected chi connectivity index (χ4v) is 3.60. The van der Waals surface area contributed by atoms with Gasteiger partial charge in [-0.05, 0) is 66.6 Å². The maximum atomic E-state index is 12.6. The molecular weight excluding hydrogens is 350 g/mol. The lowest BCUT2D eigenvalue weighted by atomic mass is 9.82. The molecule has 0 saturated carbocycles. The number of ether oxygens (including phenoxy) is 1. The van der Waals surface area contributed by atoms with Gasteiger partial charge < -0.3 is 9.64 Å². The number of rotatable bonds is 5. The van der Waals surface area contributed by atoms with Crippen LogP contribution in [-0.4, -0.2) is 18.4 Å². The molecule has 2 aromatic rings. The van der Waals surface area contributed by atoms with Crippen LogP contribution in [0.1, 0.15) is 50.3 Å². The molecule has 1 saturated heterocycles. The van der Waals surface area contributed by atoms with Gasteiger partial charge >= 0.3 is 5.97 Å². The highest BCUT2D eigenvalue weighted by atomic mass is 16.5. The van der Waals surface area contributed by atoms with Gasteiger partial charge in [0.05, 0.1) is 5.92 Å². The first-order valence-corrected chi connectivity index (χ1v) is 9.90. The molecule has 0 aromatic heterocycles. The third-order valence-corrected chi connectivity index (χ3v) is 5.71. The van der Waals surface area contributed by atoms with Crippen LogP contribution in [0.4, 0.5) is 5.69 Å². The summed E-state index contributed by atoms with van der Waals surface area (Å²) in [6.07, 6.45) is 1.22. The molecule has 0 bridgehead atoms. The van der Waals surface area contributed by atoms with Gasteiger partial charge in [0.1, 0.15) is 5.75 Å². The van der Waals surface area contributed by atoms with E-state index in [9.17, 15) is 9.59 Å². The Morgan fingerprint density at radius 1 is 1.11 bits per heavy atom. The standard InChI is InChI=1S/C24H29NO3/c1-6-24(4,5)19-7-9-21(10-8-19)28-23(27)18-14-22(26)25(15-18)20-12-16(2)11-17(3)13-20/h7-13,18H,6,14-15H2,1-5H3/t18-/m1/s1. The summed E-state index contributed by atoms with van der Waals surface area (Å²) in [5.74, 6) is -0.298. The number of hydrogen-bond donors (Lipinski definition) is 0. The largest absolute Gasteiger partial charge is 0.426 e. The van der Waals surface area contributed by atoms with E-state index in [4.69, 9.17) is 4.74 Å². The van der Waals surface area contributed by atoms with Crippen molar-refractivity contribution in [2.24, 2.45) is 5.92 Å². The summed E-state index contributed by atoms with van der Waals surface area (Å²) in [5, 5.41) is 0. The van der Waals surface area contributed by atoms with Gasteiger partial charge in [-0.1, -0.05) is 39.0 Å². The Balaban J connectivity index is 1.68. The lowest BCUT2D eigenvalue weighted by Crippen LogP contribution is -2.27. The second-order valence-corrected chi connectivity index (χ2v) is 8.43. The predicted octanol–water partition coefficient (Wildman–Crippen LogP) is 4.95. The summed E-state index contributed by atoms with van der Waals surface area (Å²) in [6, 6.07) is 13.7. The molecule has 1 aliphatic rings. The Labute approximate surface area is 167 Å². The van der Waals surface area contributed by atoms with Crippen molar-refractivity contribution in [3.8, 4) is 5.75 Å². The van der Waals surface area contributed by atoms with Crippen LogP contribution < -0.4 is 9.64 Å². The maximum absolute atomic E-state index is 12.6. The fraction of sp³-hybridized carbons (Fsp3) is 0.417. The van der Waals surface area contributed by atoms with E-state index in [0.29, 0.717) is 12.3 Å². The second-order valence-electron chi connectivity index (χ2n) is 8.43. The van der Waals surface area contributed by atoms with Gasteiger partial charge in [-0.15, -0.1) is 0 Å². The highest BCUT2D eigenvalue weighted by Crippen LogP contribution is 2.30. The minimum absolute atomic E-state index is 0.0352. The summed E-state index contributed by atoms with van der Waals surface area (Å²) < 4.78 is 5.56. The summed E-state index contributed by atoms with van der Waals surface area (Å²) in [4.78, 5) is 26.8. The number of anilines is 1. The Bertz CT molecular complexity index is 863. The van der Waals surface area contributed by atoms with E-state index >= 15 is 0 Å². The Kier molecular flexibility index (Phi) is 5.59. The van der Waals surface area contributed by atoms with Gasteiger partial charge in [-0.2, -0.15) is 0 Å². The molecular formula is C24H29NO3. The highest BCUT2D eigenvalue weighted by molar-refractivity contribution is 5.99.